The molecule has 3 heterocycles. The number of nitrogens with zero attached hydrogens (tertiary/aromatic N) is 4. The molecule has 6 nitrogen and oxygen atoms in total. The Labute approximate surface area is 152 Å². The number of nitrogens with one attached hydrogen (secondary N) is 1. The SMILES string of the molecule is Cn1c(Cc2cccs2)nnc1SCC(=O)Nc1ccc(Cl)cn1. The number of anilines is 1. The summed E-state index contributed by atoms with van der Waals surface area (Å²) < 4.78 is 1.91. The molecule has 0 fully saturated rings. The summed E-state index contributed by atoms with van der Waals surface area (Å²) in [6, 6.07) is 7.42. The Hall–Kier alpha value is -1.90. The van der Waals surface area contributed by atoms with E-state index in [0.29, 0.717) is 16.0 Å². The van der Waals surface area contributed by atoms with E-state index in [-0.39, 0.29) is 11.7 Å². The van der Waals surface area contributed by atoms with Crippen LogP contribution < -0.4 is 5.32 Å². The van der Waals surface area contributed by atoms with Crippen molar-refractivity contribution in [2.75, 3.05) is 11.1 Å². The molecular weight excluding hydrogens is 366 g/mol. The van der Waals surface area contributed by atoms with Gasteiger partial charge in [0.15, 0.2) is 5.16 Å². The zero-order valence-corrected chi connectivity index (χ0v) is 15.2. The molecule has 3 rings (SSSR count). The average Bonchev–Trinajstić information content (AvgIpc) is 3.19. The van der Waals surface area contributed by atoms with Crippen LogP contribution >= 0.6 is 34.7 Å². The largest absolute Gasteiger partial charge is 0.310 e. The van der Waals surface area contributed by atoms with Gasteiger partial charge in [0.05, 0.1) is 10.8 Å². The van der Waals surface area contributed by atoms with Crippen molar-refractivity contribution in [3.05, 3.63) is 51.6 Å². The minimum atomic E-state index is -0.155. The number of aromatic nitrogens is 4. The second kappa shape index (κ2) is 7.78. The molecule has 3 aromatic heterocycles. The van der Waals surface area contributed by atoms with Crippen LogP contribution in [0.25, 0.3) is 0 Å². The van der Waals surface area contributed by atoms with E-state index < -0.39 is 0 Å². The number of halogens is 1. The minimum Gasteiger partial charge on any atom is -0.310 e. The zero-order valence-electron chi connectivity index (χ0n) is 12.8. The average molecular weight is 380 g/mol. The molecule has 3 aromatic rings. The third kappa shape index (κ3) is 4.34. The van der Waals surface area contributed by atoms with Gasteiger partial charge in [-0.2, -0.15) is 0 Å². The predicted molar refractivity (Wildman–Crippen MR) is 96.7 cm³/mol. The van der Waals surface area contributed by atoms with Gasteiger partial charge >= 0.3 is 0 Å². The molecule has 0 saturated heterocycles. The van der Waals surface area contributed by atoms with Crippen LogP contribution in [-0.4, -0.2) is 31.4 Å². The van der Waals surface area contributed by atoms with Crippen LogP contribution in [0.15, 0.2) is 41.0 Å². The molecule has 0 radical (unpaired) electrons. The number of amides is 1. The van der Waals surface area contributed by atoms with Crippen molar-refractivity contribution in [2.45, 2.75) is 11.6 Å². The highest BCUT2D eigenvalue weighted by atomic mass is 35.5. The number of hydrogen-bond donors (Lipinski definition) is 1. The number of thiophene rings is 1. The lowest BCUT2D eigenvalue weighted by Gasteiger charge is -2.05. The monoisotopic (exact) mass is 379 g/mol. The first-order valence-corrected chi connectivity index (χ1v) is 9.31. The lowest BCUT2D eigenvalue weighted by atomic mass is 10.3. The van der Waals surface area contributed by atoms with Gasteiger partial charge in [-0.25, -0.2) is 4.98 Å². The lowest BCUT2D eigenvalue weighted by Crippen LogP contribution is -2.15. The summed E-state index contributed by atoms with van der Waals surface area (Å²) in [5, 5.41) is 14.3. The van der Waals surface area contributed by atoms with Crippen LogP contribution in [0, 0.1) is 0 Å². The van der Waals surface area contributed by atoms with Gasteiger partial charge in [0.25, 0.3) is 0 Å². The molecular formula is C15H14ClN5OS2. The molecule has 0 saturated carbocycles. The molecule has 0 aliphatic carbocycles. The van der Waals surface area contributed by atoms with Gasteiger partial charge < -0.3 is 9.88 Å². The van der Waals surface area contributed by atoms with E-state index in [1.807, 2.05) is 23.1 Å². The summed E-state index contributed by atoms with van der Waals surface area (Å²) >= 11 is 8.79. The molecule has 1 amide bonds. The van der Waals surface area contributed by atoms with Crippen molar-refractivity contribution in [1.29, 1.82) is 0 Å². The Kier molecular flexibility index (Phi) is 5.49. The topological polar surface area (TPSA) is 72.7 Å². The number of carbonyl (C=O) groups excluding carboxylic acids is 1. The fraction of sp³-hybridized carbons (Fsp3) is 0.200. The number of carbonyl (C=O) groups is 1. The van der Waals surface area contributed by atoms with Crippen molar-refractivity contribution in [1.82, 2.24) is 19.7 Å². The summed E-state index contributed by atoms with van der Waals surface area (Å²) in [5.74, 6) is 1.42. The molecule has 9 heteroatoms. The second-order valence-electron chi connectivity index (χ2n) is 4.91. The Morgan fingerprint density at radius 2 is 2.25 bits per heavy atom. The van der Waals surface area contributed by atoms with E-state index in [1.165, 1.54) is 22.8 Å². The molecule has 0 spiro atoms. The molecule has 0 unspecified atom stereocenters. The quantitative estimate of drug-likeness (QED) is 0.665. The summed E-state index contributed by atoms with van der Waals surface area (Å²) in [4.78, 5) is 17.2. The number of rotatable bonds is 6. The van der Waals surface area contributed by atoms with Crippen molar-refractivity contribution in [3.8, 4) is 0 Å². The van der Waals surface area contributed by atoms with Crippen LogP contribution in [0.4, 0.5) is 5.82 Å². The van der Waals surface area contributed by atoms with Crippen LogP contribution in [0.1, 0.15) is 10.7 Å². The third-order valence-corrected chi connectivity index (χ3v) is 5.28. The number of thioether (sulfide) groups is 1. The standard InChI is InChI=1S/C15H14ClN5OS2/c1-21-13(7-11-3-2-6-23-11)19-20-15(21)24-9-14(22)18-12-5-4-10(16)8-17-12/h2-6,8H,7,9H2,1H3,(H,17,18,22). The van der Waals surface area contributed by atoms with E-state index in [4.69, 9.17) is 11.6 Å². The van der Waals surface area contributed by atoms with Gasteiger partial charge in [-0.15, -0.1) is 21.5 Å². The normalized spacial score (nSPS) is 10.8. The fourth-order valence-electron chi connectivity index (χ4n) is 1.95. The molecule has 124 valence electrons. The highest BCUT2D eigenvalue weighted by Crippen LogP contribution is 2.19. The molecule has 0 bridgehead atoms. The molecule has 0 atom stereocenters. The van der Waals surface area contributed by atoms with Crippen molar-refractivity contribution < 1.29 is 4.79 Å². The highest BCUT2D eigenvalue weighted by Gasteiger charge is 2.12. The summed E-state index contributed by atoms with van der Waals surface area (Å²) in [6.07, 6.45) is 2.23. The maximum atomic E-state index is 12.0. The maximum Gasteiger partial charge on any atom is 0.236 e. The first-order valence-electron chi connectivity index (χ1n) is 7.06. The van der Waals surface area contributed by atoms with Gasteiger partial charge in [-0.05, 0) is 23.6 Å². The van der Waals surface area contributed by atoms with Crippen LogP contribution in [0.5, 0.6) is 0 Å². The van der Waals surface area contributed by atoms with Crippen LogP contribution in [0.3, 0.4) is 0 Å². The smallest absolute Gasteiger partial charge is 0.236 e. The number of pyridine rings is 1. The maximum absolute atomic E-state index is 12.0. The summed E-state index contributed by atoms with van der Waals surface area (Å²) in [6.45, 7) is 0. The molecule has 24 heavy (non-hydrogen) atoms. The molecule has 0 aliphatic heterocycles. The van der Waals surface area contributed by atoms with Gasteiger partial charge in [0.2, 0.25) is 5.91 Å². The van der Waals surface area contributed by atoms with Crippen molar-refractivity contribution in [2.24, 2.45) is 7.05 Å². The van der Waals surface area contributed by atoms with Gasteiger partial charge in [-0.1, -0.05) is 29.4 Å². The highest BCUT2D eigenvalue weighted by molar-refractivity contribution is 7.99. The Bertz CT molecular complexity index is 817. The molecule has 0 aliphatic rings. The van der Waals surface area contributed by atoms with Gasteiger partial charge in [0, 0.05) is 24.5 Å². The van der Waals surface area contributed by atoms with Crippen LogP contribution in [-0.2, 0) is 18.3 Å². The lowest BCUT2D eigenvalue weighted by molar-refractivity contribution is -0.113. The van der Waals surface area contributed by atoms with Gasteiger partial charge in [0.1, 0.15) is 11.6 Å². The minimum absolute atomic E-state index is 0.155. The Morgan fingerprint density at radius 3 is 2.96 bits per heavy atom. The van der Waals surface area contributed by atoms with Crippen molar-refractivity contribution >= 4 is 46.4 Å². The predicted octanol–water partition coefficient (Wildman–Crippen LogP) is 3.25. The Morgan fingerprint density at radius 1 is 1.38 bits per heavy atom. The fourth-order valence-corrected chi connectivity index (χ4v) is 3.50. The summed E-state index contributed by atoms with van der Waals surface area (Å²) in [5.41, 5.74) is 0. The van der Waals surface area contributed by atoms with Gasteiger partial charge in [-0.3, -0.25) is 4.79 Å². The molecule has 0 aromatic carbocycles. The first-order chi connectivity index (χ1) is 11.6. The van der Waals surface area contributed by atoms with E-state index in [9.17, 15) is 4.79 Å². The Balaban J connectivity index is 1.55. The second-order valence-corrected chi connectivity index (χ2v) is 7.32. The van der Waals surface area contributed by atoms with E-state index in [0.717, 1.165) is 12.2 Å². The summed E-state index contributed by atoms with van der Waals surface area (Å²) in [7, 11) is 1.91. The number of hydrogen-bond acceptors (Lipinski definition) is 6. The van der Waals surface area contributed by atoms with Crippen LogP contribution in [0.2, 0.25) is 5.02 Å². The van der Waals surface area contributed by atoms with E-state index >= 15 is 0 Å². The third-order valence-electron chi connectivity index (χ3n) is 3.16. The van der Waals surface area contributed by atoms with E-state index in [2.05, 4.69) is 26.6 Å². The van der Waals surface area contributed by atoms with E-state index in [1.54, 1.807) is 23.5 Å². The molecule has 1 N–H and O–H groups in total. The van der Waals surface area contributed by atoms with Crippen molar-refractivity contribution in [3.63, 3.8) is 0 Å². The zero-order chi connectivity index (χ0) is 16.9. The first kappa shape index (κ1) is 16.9.